The van der Waals surface area contributed by atoms with Crippen LogP contribution < -0.4 is 10.1 Å². The SMILES string of the molecule is CCOc1ccccc1C(=O)Nc1ccc(CN2CCCC(C)C2)cc1. The average Bonchev–Trinajstić information content (AvgIpc) is 2.64. The van der Waals surface area contributed by atoms with Gasteiger partial charge in [0.1, 0.15) is 5.75 Å². The van der Waals surface area contributed by atoms with Gasteiger partial charge in [-0.05, 0) is 62.1 Å². The van der Waals surface area contributed by atoms with Gasteiger partial charge in [-0.3, -0.25) is 9.69 Å². The third kappa shape index (κ3) is 4.85. The Morgan fingerprint density at radius 2 is 1.96 bits per heavy atom. The first-order chi connectivity index (χ1) is 12.7. The van der Waals surface area contributed by atoms with Crippen LogP contribution in [-0.2, 0) is 6.54 Å². The minimum atomic E-state index is -0.147. The molecule has 0 saturated carbocycles. The normalized spacial score (nSPS) is 17.7. The molecule has 1 unspecified atom stereocenters. The highest BCUT2D eigenvalue weighted by Crippen LogP contribution is 2.21. The second-order valence-corrected chi connectivity index (χ2v) is 7.06. The van der Waals surface area contributed by atoms with Crippen LogP contribution in [0.25, 0.3) is 0 Å². The van der Waals surface area contributed by atoms with Crippen molar-refractivity contribution in [2.45, 2.75) is 33.2 Å². The molecule has 1 aliphatic rings. The minimum Gasteiger partial charge on any atom is -0.493 e. The van der Waals surface area contributed by atoms with Gasteiger partial charge in [-0.1, -0.05) is 31.2 Å². The standard InChI is InChI=1S/C22H28N2O2/c1-3-26-21-9-5-4-8-20(21)22(25)23-19-12-10-18(11-13-19)16-24-14-6-7-17(2)15-24/h4-5,8-13,17H,3,6-7,14-16H2,1-2H3,(H,23,25). The second-order valence-electron chi connectivity index (χ2n) is 7.06. The van der Waals surface area contributed by atoms with Crippen LogP contribution >= 0.6 is 0 Å². The van der Waals surface area contributed by atoms with Crippen molar-refractivity contribution in [1.29, 1.82) is 0 Å². The van der Waals surface area contributed by atoms with E-state index in [9.17, 15) is 4.79 Å². The summed E-state index contributed by atoms with van der Waals surface area (Å²) in [7, 11) is 0. The number of amides is 1. The molecule has 1 amide bonds. The van der Waals surface area contributed by atoms with Gasteiger partial charge < -0.3 is 10.1 Å². The highest BCUT2D eigenvalue weighted by molar-refractivity contribution is 6.06. The summed E-state index contributed by atoms with van der Waals surface area (Å²) in [6.07, 6.45) is 2.62. The first kappa shape index (κ1) is 18.5. The molecule has 0 aromatic heterocycles. The number of hydrogen-bond acceptors (Lipinski definition) is 3. The highest BCUT2D eigenvalue weighted by atomic mass is 16.5. The Hall–Kier alpha value is -2.33. The van der Waals surface area contributed by atoms with E-state index in [-0.39, 0.29) is 5.91 Å². The van der Waals surface area contributed by atoms with E-state index in [2.05, 4.69) is 29.3 Å². The van der Waals surface area contributed by atoms with Crippen molar-refractivity contribution in [1.82, 2.24) is 4.90 Å². The van der Waals surface area contributed by atoms with Crippen molar-refractivity contribution in [3.8, 4) is 5.75 Å². The van der Waals surface area contributed by atoms with Gasteiger partial charge in [0.15, 0.2) is 0 Å². The van der Waals surface area contributed by atoms with Crippen molar-refractivity contribution in [2.24, 2.45) is 5.92 Å². The summed E-state index contributed by atoms with van der Waals surface area (Å²) >= 11 is 0. The number of piperidine rings is 1. The molecule has 1 atom stereocenters. The third-order valence-corrected chi connectivity index (χ3v) is 4.79. The van der Waals surface area contributed by atoms with E-state index >= 15 is 0 Å². The van der Waals surface area contributed by atoms with Gasteiger partial charge >= 0.3 is 0 Å². The fourth-order valence-electron chi connectivity index (χ4n) is 3.52. The van der Waals surface area contributed by atoms with Crippen LogP contribution in [0.2, 0.25) is 0 Å². The number of para-hydroxylation sites is 1. The molecule has 3 rings (SSSR count). The molecule has 1 N–H and O–H groups in total. The fourth-order valence-corrected chi connectivity index (χ4v) is 3.52. The number of rotatable bonds is 6. The molecule has 138 valence electrons. The Morgan fingerprint density at radius 1 is 1.19 bits per heavy atom. The van der Waals surface area contributed by atoms with E-state index in [4.69, 9.17) is 4.74 Å². The fraction of sp³-hybridized carbons (Fsp3) is 0.409. The number of carbonyl (C=O) groups is 1. The number of ether oxygens (including phenoxy) is 1. The monoisotopic (exact) mass is 352 g/mol. The molecule has 2 aromatic rings. The maximum atomic E-state index is 12.5. The maximum absolute atomic E-state index is 12.5. The molecule has 4 nitrogen and oxygen atoms in total. The summed E-state index contributed by atoms with van der Waals surface area (Å²) in [6, 6.07) is 15.5. The van der Waals surface area contributed by atoms with Crippen molar-refractivity contribution in [3.05, 3.63) is 59.7 Å². The molecule has 1 saturated heterocycles. The number of nitrogens with one attached hydrogen (secondary N) is 1. The molecule has 2 aromatic carbocycles. The van der Waals surface area contributed by atoms with Gasteiger partial charge in [-0.2, -0.15) is 0 Å². The third-order valence-electron chi connectivity index (χ3n) is 4.79. The number of anilines is 1. The Balaban J connectivity index is 1.61. The summed E-state index contributed by atoms with van der Waals surface area (Å²) in [4.78, 5) is 15.1. The van der Waals surface area contributed by atoms with E-state index in [1.165, 1.54) is 31.5 Å². The summed E-state index contributed by atoms with van der Waals surface area (Å²) in [6.45, 7) is 8.10. The van der Waals surface area contributed by atoms with Gasteiger partial charge in [0, 0.05) is 18.8 Å². The Bertz CT molecular complexity index is 727. The van der Waals surface area contributed by atoms with E-state index in [1.54, 1.807) is 6.07 Å². The van der Waals surface area contributed by atoms with Gasteiger partial charge in [0.2, 0.25) is 0 Å². The Morgan fingerprint density at radius 3 is 2.69 bits per heavy atom. The second kappa shape index (κ2) is 8.86. The van der Waals surface area contributed by atoms with Crippen molar-refractivity contribution < 1.29 is 9.53 Å². The Labute approximate surface area is 156 Å². The lowest BCUT2D eigenvalue weighted by atomic mass is 10.00. The number of nitrogens with zero attached hydrogens (tertiary/aromatic N) is 1. The summed E-state index contributed by atoms with van der Waals surface area (Å²) in [5.74, 6) is 1.25. The number of hydrogen-bond donors (Lipinski definition) is 1. The largest absolute Gasteiger partial charge is 0.493 e. The summed E-state index contributed by atoms with van der Waals surface area (Å²) in [5, 5.41) is 2.96. The zero-order valence-corrected chi connectivity index (χ0v) is 15.7. The van der Waals surface area contributed by atoms with E-state index < -0.39 is 0 Å². The van der Waals surface area contributed by atoms with Crippen molar-refractivity contribution in [2.75, 3.05) is 25.0 Å². The molecule has 0 radical (unpaired) electrons. The molecule has 26 heavy (non-hydrogen) atoms. The zero-order chi connectivity index (χ0) is 18.4. The van der Waals surface area contributed by atoms with Crippen LogP contribution in [-0.4, -0.2) is 30.5 Å². The van der Waals surface area contributed by atoms with E-state index in [0.29, 0.717) is 17.9 Å². The van der Waals surface area contributed by atoms with Gasteiger partial charge in [0.05, 0.1) is 12.2 Å². The topological polar surface area (TPSA) is 41.6 Å². The average molecular weight is 352 g/mol. The van der Waals surface area contributed by atoms with Crippen LogP contribution in [0.5, 0.6) is 5.75 Å². The molecular formula is C22H28N2O2. The zero-order valence-electron chi connectivity index (χ0n) is 15.7. The lowest BCUT2D eigenvalue weighted by Gasteiger charge is -2.30. The predicted octanol–water partition coefficient (Wildman–Crippen LogP) is 4.57. The van der Waals surface area contributed by atoms with Gasteiger partial charge in [-0.25, -0.2) is 0 Å². The molecule has 0 spiro atoms. The smallest absolute Gasteiger partial charge is 0.259 e. The highest BCUT2D eigenvalue weighted by Gasteiger charge is 2.16. The first-order valence-electron chi connectivity index (χ1n) is 9.50. The molecular weight excluding hydrogens is 324 g/mol. The van der Waals surface area contributed by atoms with E-state index in [1.807, 2.05) is 37.3 Å². The number of benzene rings is 2. The first-order valence-corrected chi connectivity index (χ1v) is 9.50. The molecule has 0 bridgehead atoms. The minimum absolute atomic E-state index is 0.147. The van der Waals surface area contributed by atoms with Crippen LogP contribution in [0.1, 0.15) is 42.6 Å². The van der Waals surface area contributed by atoms with Crippen LogP contribution in [0.4, 0.5) is 5.69 Å². The maximum Gasteiger partial charge on any atom is 0.259 e. The summed E-state index contributed by atoms with van der Waals surface area (Å²) < 4.78 is 5.54. The van der Waals surface area contributed by atoms with E-state index in [0.717, 1.165) is 18.2 Å². The molecule has 0 aliphatic carbocycles. The molecule has 4 heteroatoms. The lowest BCUT2D eigenvalue weighted by molar-refractivity contribution is 0.102. The van der Waals surface area contributed by atoms with Crippen molar-refractivity contribution in [3.63, 3.8) is 0 Å². The lowest BCUT2D eigenvalue weighted by Crippen LogP contribution is -2.33. The predicted molar refractivity (Wildman–Crippen MR) is 106 cm³/mol. The Kier molecular flexibility index (Phi) is 6.29. The van der Waals surface area contributed by atoms with Gasteiger partial charge in [-0.15, -0.1) is 0 Å². The summed E-state index contributed by atoms with van der Waals surface area (Å²) in [5.41, 5.74) is 2.64. The number of carbonyl (C=O) groups excluding carboxylic acids is 1. The molecule has 1 aliphatic heterocycles. The quantitative estimate of drug-likeness (QED) is 0.828. The molecule has 1 fully saturated rings. The van der Waals surface area contributed by atoms with Crippen LogP contribution in [0, 0.1) is 5.92 Å². The van der Waals surface area contributed by atoms with Crippen LogP contribution in [0.15, 0.2) is 48.5 Å². The van der Waals surface area contributed by atoms with Crippen LogP contribution in [0.3, 0.4) is 0 Å². The van der Waals surface area contributed by atoms with Gasteiger partial charge in [0.25, 0.3) is 5.91 Å². The van der Waals surface area contributed by atoms with Crippen molar-refractivity contribution >= 4 is 11.6 Å². The number of likely N-dealkylation sites (tertiary alicyclic amines) is 1. The molecule has 1 heterocycles.